The molecule has 65 heavy (non-hydrogen) atoms. The van der Waals surface area contributed by atoms with E-state index in [1.54, 1.807) is 0 Å². The third kappa shape index (κ3) is 13.7. The van der Waals surface area contributed by atoms with Gasteiger partial charge in [-0.2, -0.15) is 0 Å². The second-order valence-corrected chi connectivity index (χ2v) is 18.4. The molecule has 0 heterocycles. The first-order valence-corrected chi connectivity index (χ1v) is 24.4. The zero-order valence-corrected chi connectivity index (χ0v) is 42.0. The molecular formula is C59H82O6. The third-order valence-electron chi connectivity index (χ3n) is 14.9. The molecule has 6 nitrogen and oxygen atoms in total. The lowest BCUT2D eigenvalue weighted by molar-refractivity contribution is -0.137. The van der Waals surface area contributed by atoms with Crippen LogP contribution in [0.5, 0.6) is 0 Å². The van der Waals surface area contributed by atoms with Gasteiger partial charge in [0.15, 0.2) is 5.78 Å². The van der Waals surface area contributed by atoms with Crippen molar-refractivity contribution in [2.24, 2.45) is 0 Å². The quantitative estimate of drug-likeness (QED) is 0.0590. The van der Waals surface area contributed by atoms with Crippen molar-refractivity contribution < 1.29 is 30.0 Å². The predicted molar refractivity (Wildman–Crippen MR) is 273 cm³/mol. The Morgan fingerprint density at radius 3 is 1.08 bits per heavy atom. The highest BCUT2D eigenvalue weighted by Gasteiger charge is 2.33. The topological polar surface area (TPSA) is 115 Å². The number of aliphatic hydroxyl groups excluding tert-OH is 1. The van der Waals surface area contributed by atoms with Crippen LogP contribution in [0, 0.1) is 27.7 Å². The fraction of sp³-hybridized carbons (Fsp3) is 0.492. The fourth-order valence-corrected chi connectivity index (χ4v) is 9.39. The number of rotatable bonds is 23. The summed E-state index contributed by atoms with van der Waals surface area (Å²) in [6.07, 6.45) is 16.5. The molecule has 0 unspecified atom stereocenters. The van der Waals surface area contributed by atoms with Crippen LogP contribution in [0.4, 0.5) is 0 Å². The maximum Gasteiger partial charge on any atom is 0.303 e. The number of benzene rings is 4. The molecule has 0 radical (unpaired) electrons. The summed E-state index contributed by atoms with van der Waals surface area (Å²) in [6, 6.07) is 26.6. The molecule has 4 aromatic rings. The van der Waals surface area contributed by atoms with Crippen LogP contribution in [0.15, 0.2) is 84.9 Å². The van der Waals surface area contributed by atoms with Crippen molar-refractivity contribution in [1.82, 2.24) is 0 Å². The minimum absolute atomic E-state index is 0.0786. The average Bonchev–Trinajstić information content (AvgIpc) is 3.31. The first-order valence-electron chi connectivity index (χ1n) is 24.4. The lowest BCUT2D eigenvalue weighted by Gasteiger charge is -2.34. The normalized spacial score (nSPS) is 12.5. The molecule has 0 fully saturated rings. The fourth-order valence-electron chi connectivity index (χ4n) is 9.39. The smallest absolute Gasteiger partial charge is 0.303 e. The van der Waals surface area contributed by atoms with Crippen LogP contribution in [-0.2, 0) is 33.3 Å². The van der Waals surface area contributed by atoms with Gasteiger partial charge in [0.1, 0.15) is 6.61 Å². The monoisotopic (exact) mass is 887 g/mol. The molecule has 0 amide bonds. The Kier molecular flexibility index (Phi) is 20.9. The van der Waals surface area contributed by atoms with Gasteiger partial charge in [-0.25, -0.2) is 0 Å². The molecule has 0 aliphatic rings. The first-order chi connectivity index (χ1) is 30.8. The molecular weight excluding hydrogens is 805 g/mol. The van der Waals surface area contributed by atoms with Crippen molar-refractivity contribution in [2.45, 2.75) is 182 Å². The van der Waals surface area contributed by atoms with Crippen LogP contribution in [0.25, 0.3) is 12.2 Å². The molecule has 0 bridgehead atoms. The molecule has 4 rings (SSSR count). The average molecular weight is 887 g/mol. The lowest BCUT2D eigenvalue weighted by Crippen LogP contribution is -2.26. The molecule has 4 N–H and O–H groups in total. The van der Waals surface area contributed by atoms with Crippen LogP contribution in [-0.4, -0.2) is 50.0 Å². The lowest BCUT2D eigenvalue weighted by atomic mass is 9.69. The number of Topliss-reactive ketones (excluding diaryl/α,β-unsaturated/α-hetero) is 1. The van der Waals surface area contributed by atoms with E-state index in [-0.39, 0.29) is 29.6 Å². The third-order valence-corrected chi connectivity index (χ3v) is 14.9. The molecule has 0 aliphatic heterocycles. The number of aliphatic carboxylic acids is 1. The maximum absolute atomic E-state index is 11.5. The van der Waals surface area contributed by atoms with Crippen LogP contribution in [0.2, 0.25) is 0 Å². The summed E-state index contributed by atoms with van der Waals surface area (Å²) < 4.78 is 0. The van der Waals surface area contributed by atoms with Gasteiger partial charge in [0, 0.05) is 23.7 Å². The molecule has 0 aromatic heterocycles. The molecule has 0 saturated heterocycles. The zero-order valence-electron chi connectivity index (χ0n) is 42.0. The Hall–Kier alpha value is -4.62. The van der Waals surface area contributed by atoms with E-state index in [4.69, 9.17) is 10.2 Å². The second-order valence-electron chi connectivity index (χ2n) is 18.4. The summed E-state index contributed by atoms with van der Waals surface area (Å²) >= 11 is 0. The van der Waals surface area contributed by atoms with E-state index in [0.29, 0.717) is 44.9 Å². The Balaban J connectivity index is 0.000000345. The van der Waals surface area contributed by atoms with Gasteiger partial charge in [-0.1, -0.05) is 152 Å². The van der Waals surface area contributed by atoms with E-state index >= 15 is 0 Å². The van der Waals surface area contributed by atoms with Crippen molar-refractivity contribution in [3.8, 4) is 0 Å². The standard InChI is InChI=1S/C30H42O3.C29H40O3/c1-7-29(33,8-2)18-17-25-12-15-27(20-23(25)6)30(9-3,10-4)26-14-11-24(22(5)19-26)13-16-28(32)21-31;1-7-28(32,8-2)18-17-24-12-15-26(20-22(24)6)29(9-3,10-4)25-14-11-23(21(5)19-25)13-16-27(30)31/h11-12,14-15,17-20,31,33H,7-10,13,16,21H2,1-6H3;11-12,14-15,17-20,32H,7-10,13,16H2,1-6H3,(H,30,31)/b2*18-17+. The van der Waals surface area contributed by atoms with E-state index in [1.165, 1.54) is 38.9 Å². The minimum atomic E-state index is -0.758. The van der Waals surface area contributed by atoms with E-state index in [2.05, 4.69) is 134 Å². The van der Waals surface area contributed by atoms with Crippen molar-refractivity contribution in [1.29, 1.82) is 0 Å². The SMILES string of the molecule is CCC(O)(/C=C/c1ccc(C(CC)(CC)c2ccc(CCC(=O)CO)c(C)c2)cc1C)CC.CCC(O)(/C=C/c1ccc(C(CC)(CC)c2ccc(CCC(=O)O)c(C)c2)cc1C)CC. The summed E-state index contributed by atoms with van der Waals surface area (Å²) in [4.78, 5) is 22.5. The maximum atomic E-state index is 11.5. The number of carbonyl (C=O) groups is 2. The van der Waals surface area contributed by atoms with E-state index in [0.717, 1.165) is 53.5 Å². The second kappa shape index (κ2) is 24.8. The van der Waals surface area contributed by atoms with Crippen LogP contribution in [0.1, 0.15) is 186 Å². The van der Waals surface area contributed by atoms with Gasteiger partial charge in [-0.15, -0.1) is 0 Å². The highest BCUT2D eigenvalue weighted by atomic mass is 16.4. The number of aliphatic hydroxyl groups is 3. The van der Waals surface area contributed by atoms with Crippen molar-refractivity contribution >= 4 is 23.9 Å². The highest BCUT2D eigenvalue weighted by Crippen LogP contribution is 2.42. The number of ketones is 1. The number of hydrogen-bond donors (Lipinski definition) is 4. The number of carboxylic acid groups (broad SMARTS) is 1. The highest BCUT2D eigenvalue weighted by molar-refractivity contribution is 5.79. The molecule has 6 heteroatoms. The van der Waals surface area contributed by atoms with Gasteiger partial charge in [0.25, 0.3) is 0 Å². The summed E-state index contributed by atoms with van der Waals surface area (Å²) in [7, 11) is 0. The van der Waals surface area contributed by atoms with Crippen molar-refractivity contribution in [2.75, 3.05) is 6.61 Å². The molecule has 0 spiro atoms. The van der Waals surface area contributed by atoms with E-state index < -0.39 is 17.2 Å². The molecule has 0 saturated carbocycles. The van der Waals surface area contributed by atoms with E-state index in [1.807, 2.05) is 45.9 Å². The van der Waals surface area contributed by atoms with Crippen LogP contribution < -0.4 is 0 Å². The first kappa shape index (κ1) is 54.7. The molecule has 0 atom stereocenters. The number of carbonyl (C=O) groups excluding carboxylic acids is 1. The van der Waals surface area contributed by atoms with Gasteiger partial charge in [0.2, 0.25) is 0 Å². The zero-order chi connectivity index (χ0) is 48.6. The van der Waals surface area contributed by atoms with Gasteiger partial charge in [-0.05, 0) is 159 Å². The number of hydrogen-bond acceptors (Lipinski definition) is 5. The van der Waals surface area contributed by atoms with Gasteiger partial charge in [0.05, 0.1) is 11.2 Å². The molecule has 354 valence electrons. The Morgan fingerprint density at radius 2 is 0.800 bits per heavy atom. The summed E-state index contributed by atoms with van der Waals surface area (Å²) in [5.74, 6) is -0.873. The summed E-state index contributed by atoms with van der Waals surface area (Å²) in [5.41, 5.74) is 12.8. The number of carboxylic acids is 1. The Morgan fingerprint density at radius 1 is 0.477 bits per heavy atom. The number of aryl methyl sites for hydroxylation is 6. The van der Waals surface area contributed by atoms with Gasteiger partial charge < -0.3 is 20.4 Å². The van der Waals surface area contributed by atoms with Gasteiger partial charge in [-0.3, -0.25) is 9.59 Å². The van der Waals surface area contributed by atoms with E-state index in [9.17, 15) is 19.8 Å². The molecule has 4 aromatic carbocycles. The Bertz CT molecular complexity index is 2230. The molecule has 0 aliphatic carbocycles. The largest absolute Gasteiger partial charge is 0.481 e. The van der Waals surface area contributed by atoms with Crippen LogP contribution in [0.3, 0.4) is 0 Å². The van der Waals surface area contributed by atoms with Crippen molar-refractivity contribution in [3.63, 3.8) is 0 Å². The minimum Gasteiger partial charge on any atom is -0.481 e. The summed E-state index contributed by atoms with van der Waals surface area (Å²) in [5, 5.41) is 39.2. The predicted octanol–water partition coefficient (Wildman–Crippen LogP) is 13.5. The van der Waals surface area contributed by atoms with Crippen molar-refractivity contribution in [3.05, 3.63) is 152 Å². The van der Waals surface area contributed by atoms with Crippen LogP contribution >= 0.6 is 0 Å². The Labute approximate surface area is 393 Å². The summed E-state index contributed by atoms with van der Waals surface area (Å²) in [6.45, 7) is 25.1. The van der Waals surface area contributed by atoms with Gasteiger partial charge >= 0.3 is 5.97 Å².